The Labute approximate surface area is 106 Å². The first-order chi connectivity index (χ1) is 8.79. The van der Waals surface area contributed by atoms with Crippen LogP contribution < -0.4 is 5.32 Å². The normalized spacial score (nSPS) is 12.6. The zero-order valence-electron chi connectivity index (χ0n) is 10.4. The molecule has 18 heavy (non-hydrogen) atoms. The van der Waals surface area contributed by atoms with Crippen molar-refractivity contribution >= 4 is 0 Å². The van der Waals surface area contributed by atoms with Crippen LogP contribution >= 0.6 is 0 Å². The Morgan fingerprint density at radius 2 is 2.33 bits per heavy atom. The summed E-state index contributed by atoms with van der Waals surface area (Å²) in [7, 11) is 0. The lowest BCUT2D eigenvalue weighted by molar-refractivity contribution is 0.514. The summed E-state index contributed by atoms with van der Waals surface area (Å²) in [5.74, 6) is 0.666. The predicted octanol–water partition coefficient (Wildman–Crippen LogP) is 2.23. The van der Waals surface area contributed by atoms with Crippen molar-refractivity contribution in [3.63, 3.8) is 0 Å². The van der Waals surface area contributed by atoms with Gasteiger partial charge in [-0.25, -0.2) is 9.37 Å². The summed E-state index contributed by atoms with van der Waals surface area (Å²) in [6.07, 6.45) is 3.20. The van der Waals surface area contributed by atoms with Crippen molar-refractivity contribution < 1.29 is 4.39 Å². The minimum atomic E-state index is -0.192. The van der Waals surface area contributed by atoms with Gasteiger partial charge in [-0.15, -0.1) is 0 Å². The van der Waals surface area contributed by atoms with Crippen LogP contribution in [0.1, 0.15) is 30.8 Å². The monoisotopic (exact) mass is 248 g/mol. The van der Waals surface area contributed by atoms with Gasteiger partial charge in [0.05, 0.1) is 0 Å². The van der Waals surface area contributed by atoms with Crippen LogP contribution in [0.25, 0.3) is 0 Å². The van der Waals surface area contributed by atoms with E-state index in [-0.39, 0.29) is 11.9 Å². The molecule has 0 aliphatic carbocycles. The Kier molecular flexibility index (Phi) is 4.41. The van der Waals surface area contributed by atoms with Crippen LogP contribution in [0.3, 0.4) is 0 Å². The van der Waals surface area contributed by atoms with E-state index in [1.54, 1.807) is 12.1 Å². The van der Waals surface area contributed by atoms with Crippen molar-refractivity contribution in [3.8, 4) is 0 Å². The molecule has 2 rings (SSSR count). The molecule has 1 unspecified atom stereocenters. The van der Waals surface area contributed by atoms with Gasteiger partial charge in [0, 0.05) is 19.0 Å². The summed E-state index contributed by atoms with van der Waals surface area (Å²) >= 11 is 0. The fourth-order valence-corrected chi connectivity index (χ4v) is 1.94. The first-order valence-electron chi connectivity index (χ1n) is 6.12. The molecule has 2 aromatic rings. The van der Waals surface area contributed by atoms with E-state index in [1.165, 1.54) is 12.4 Å². The molecule has 0 bridgehead atoms. The number of aromatic amines is 1. The van der Waals surface area contributed by atoms with Gasteiger partial charge in [0.2, 0.25) is 0 Å². The third-order valence-corrected chi connectivity index (χ3v) is 2.88. The molecule has 5 heteroatoms. The second-order valence-electron chi connectivity index (χ2n) is 4.15. The van der Waals surface area contributed by atoms with E-state index in [0.29, 0.717) is 0 Å². The molecule has 0 aliphatic heterocycles. The van der Waals surface area contributed by atoms with Crippen LogP contribution in [0.4, 0.5) is 4.39 Å². The van der Waals surface area contributed by atoms with E-state index in [1.807, 2.05) is 6.07 Å². The Bertz CT molecular complexity index is 470. The summed E-state index contributed by atoms with van der Waals surface area (Å²) in [5.41, 5.74) is 0.982. The van der Waals surface area contributed by atoms with Gasteiger partial charge in [0.15, 0.2) is 0 Å². The minimum absolute atomic E-state index is 0.170. The zero-order chi connectivity index (χ0) is 12.8. The Morgan fingerprint density at radius 3 is 3.00 bits per heavy atom. The van der Waals surface area contributed by atoms with E-state index < -0.39 is 0 Å². The van der Waals surface area contributed by atoms with Crippen LogP contribution in [0.2, 0.25) is 0 Å². The molecule has 0 fully saturated rings. The maximum atomic E-state index is 13.2. The lowest BCUT2D eigenvalue weighted by Gasteiger charge is -2.17. The average molecular weight is 248 g/mol. The Morgan fingerprint density at radius 1 is 1.44 bits per heavy atom. The minimum Gasteiger partial charge on any atom is -0.310 e. The number of aromatic nitrogens is 3. The average Bonchev–Trinajstić information content (AvgIpc) is 2.88. The highest BCUT2D eigenvalue weighted by molar-refractivity contribution is 5.20. The van der Waals surface area contributed by atoms with Gasteiger partial charge in [0.25, 0.3) is 0 Å². The fraction of sp³-hybridized carbons (Fsp3) is 0.385. The van der Waals surface area contributed by atoms with Crippen molar-refractivity contribution in [2.45, 2.75) is 25.8 Å². The fourth-order valence-electron chi connectivity index (χ4n) is 1.94. The molecule has 0 spiro atoms. The number of benzene rings is 1. The van der Waals surface area contributed by atoms with E-state index in [9.17, 15) is 4.39 Å². The van der Waals surface area contributed by atoms with Gasteiger partial charge < -0.3 is 5.32 Å². The summed E-state index contributed by atoms with van der Waals surface area (Å²) in [6, 6.07) is 6.90. The van der Waals surface area contributed by atoms with Gasteiger partial charge >= 0.3 is 0 Å². The second-order valence-corrected chi connectivity index (χ2v) is 4.15. The third kappa shape index (κ3) is 3.37. The lowest BCUT2D eigenvalue weighted by Crippen LogP contribution is -2.23. The van der Waals surface area contributed by atoms with Crippen molar-refractivity contribution in [3.05, 3.63) is 47.8 Å². The summed E-state index contributed by atoms with van der Waals surface area (Å²) in [6.45, 7) is 2.86. The molecular weight excluding hydrogens is 231 g/mol. The first kappa shape index (κ1) is 12.7. The van der Waals surface area contributed by atoms with Crippen molar-refractivity contribution in [1.29, 1.82) is 0 Å². The standard InChI is InChI=1S/C13H17FN4/c1-2-12(10-4-3-5-11(14)8-10)15-7-6-13-16-9-17-18-13/h3-5,8-9,12,15H,2,6-7H2,1H3,(H,16,17,18). The predicted molar refractivity (Wildman–Crippen MR) is 67.5 cm³/mol. The molecule has 1 atom stereocenters. The molecule has 0 radical (unpaired) electrons. The number of halogens is 1. The van der Waals surface area contributed by atoms with E-state index in [2.05, 4.69) is 27.4 Å². The first-order valence-corrected chi connectivity index (χ1v) is 6.12. The maximum absolute atomic E-state index is 13.2. The van der Waals surface area contributed by atoms with E-state index >= 15 is 0 Å². The van der Waals surface area contributed by atoms with Crippen LogP contribution in [0, 0.1) is 5.82 Å². The molecule has 1 heterocycles. The molecule has 0 amide bonds. The molecule has 96 valence electrons. The van der Waals surface area contributed by atoms with E-state index in [4.69, 9.17) is 0 Å². The number of rotatable bonds is 6. The Balaban J connectivity index is 1.89. The smallest absolute Gasteiger partial charge is 0.137 e. The number of hydrogen-bond donors (Lipinski definition) is 2. The number of nitrogens with zero attached hydrogens (tertiary/aromatic N) is 2. The van der Waals surface area contributed by atoms with Gasteiger partial charge in [-0.05, 0) is 24.1 Å². The second kappa shape index (κ2) is 6.26. The zero-order valence-corrected chi connectivity index (χ0v) is 10.4. The highest BCUT2D eigenvalue weighted by Crippen LogP contribution is 2.17. The lowest BCUT2D eigenvalue weighted by atomic mass is 10.0. The molecule has 4 nitrogen and oxygen atoms in total. The highest BCUT2D eigenvalue weighted by Gasteiger charge is 2.09. The quantitative estimate of drug-likeness (QED) is 0.824. The van der Waals surface area contributed by atoms with Crippen LogP contribution in [0.15, 0.2) is 30.6 Å². The van der Waals surface area contributed by atoms with Gasteiger partial charge in [-0.2, -0.15) is 5.10 Å². The van der Waals surface area contributed by atoms with Crippen molar-refractivity contribution in [2.75, 3.05) is 6.54 Å². The van der Waals surface area contributed by atoms with Crippen LogP contribution in [-0.2, 0) is 6.42 Å². The Hall–Kier alpha value is -1.75. The maximum Gasteiger partial charge on any atom is 0.137 e. The van der Waals surface area contributed by atoms with E-state index in [0.717, 1.165) is 30.8 Å². The molecule has 0 saturated heterocycles. The molecule has 0 saturated carbocycles. The highest BCUT2D eigenvalue weighted by atomic mass is 19.1. The molecule has 2 N–H and O–H groups in total. The third-order valence-electron chi connectivity index (χ3n) is 2.88. The largest absolute Gasteiger partial charge is 0.310 e. The van der Waals surface area contributed by atoms with Gasteiger partial charge in [0.1, 0.15) is 18.0 Å². The number of H-pyrrole nitrogens is 1. The number of hydrogen-bond acceptors (Lipinski definition) is 3. The van der Waals surface area contributed by atoms with Crippen molar-refractivity contribution in [2.24, 2.45) is 0 Å². The van der Waals surface area contributed by atoms with Crippen molar-refractivity contribution in [1.82, 2.24) is 20.5 Å². The summed E-state index contributed by atoms with van der Waals surface area (Å²) in [4.78, 5) is 4.06. The summed E-state index contributed by atoms with van der Waals surface area (Å²) in [5, 5.41) is 10.0. The summed E-state index contributed by atoms with van der Waals surface area (Å²) < 4.78 is 13.2. The molecular formula is C13H17FN4. The SMILES string of the molecule is CCC(NCCc1ncn[nH]1)c1cccc(F)c1. The molecule has 1 aromatic heterocycles. The van der Waals surface area contributed by atoms with Crippen LogP contribution in [0.5, 0.6) is 0 Å². The van der Waals surface area contributed by atoms with Gasteiger partial charge in [-0.3, -0.25) is 5.10 Å². The number of nitrogens with one attached hydrogen (secondary N) is 2. The molecule has 1 aromatic carbocycles. The molecule has 0 aliphatic rings. The topological polar surface area (TPSA) is 53.6 Å². The van der Waals surface area contributed by atoms with Crippen LogP contribution in [-0.4, -0.2) is 21.7 Å². The van der Waals surface area contributed by atoms with Gasteiger partial charge in [-0.1, -0.05) is 19.1 Å².